The Morgan fingerprint density at radius 2 is 2.00 bits per heavy atom. The van der Waals surface area contributed by atoms with Crippen molar-refractivity contribution in [2.24, 2.45) is 17.3 Å². The summed E-state index contributed by atoms with van der Waals surface area (Å²) in [6.07, 6.45) is 5.20. The number of ketones is 1. The molecule has 37 heavy (non-hydrogen) atoms. The zero-order chi connectivity index (χ0) is 25.6. The van der Waals surface area contributed by atoms with Crippen LogP contribution in [0.15, 0.2) is 18.2 Å². The number of methoxy groups -OCH3 is 1. The summed E-state index contributed by atoms with van der Waals surface area (Å²) >= 11 is 0. The van der Waals surface area contributed by atoms with Gasteiger partial charge in [0, 0.05) is 30.2 Å². The fourth-order valence-electron chi connectivity index (χ4n) is 6.61. The van der Waals surface area contributed by atoms with Crippen molar-refractivity contribution in [2.45, 2.75) is 50.7 Å². The van der Waals surface area contributed by atoms with Gasteiger partial charge in [0.25, 0.3) is 0 Å². The maximum atomic E-state index is 13.5. The molecule has 1 aromatic carbocycles. The van der Waals surface area contributed by atoms with Gasteiger partial charge in [-0.25, -0.2) is 0 Å². The number of carbonyl (C=O) groups is 3. The van der Waals surface area contributed by atoms with Gasteiger partial charge in [-0.05, 0) is 81.3 Å². The van der Waals surface area contributed by atoms with E-state index in [1.807, 2.05) is 23.1 Å². The molecule has 9 heteroatoms. The number of amides is 2. The van der Waals surface area contributed by atoms with E-state index in [1.54, 1.807) is 7.11 Å². The summed E-state index contributed by atoms with van der Waals surface area (Å²) in [5, 5.41) is 6.63. The second-order valence-corrected chi connectivity index (χ2v) is 11.6. The van der Waals surface area contributed by atoms with E-state index >= 15 is 0 Å². The molecule has 6 rings (SSSR count). The van der Waals surface area contributed by atoms with Gasteiger partial charge >= 0.3 is 0 Å². The fourth-order valence-corrected chi connectivity index (χ4v) is 6.61. The van der Waals surface area contributed by atoms with Gasteiger partial charge < -0.3 is 19.7 Å². The second kappa shape index (κ2) is 10.0. The van der Waals surface area contributed by atoms with E-state index in [9.17, 15) is 14.4 Å². The first-order valence-electron chi connectivity index (χ1n) is 13.8. The highest BCUT2D eigenvalue weighted by molar-refractivity contribution is 6.05. The molecule has 3 aliphatic heterocycles. The van der Waals surface area contributed by atoms with Crippen molar-refractivity contribution >= 4 is 17.6 Å². The Morgan fingerprint density at radius 1 is 1.19 bits per heavy atom. The standard InChI is InChI=1S/C28H38N4O5/c1-36-20-4-5-21-19(12-20)13-28(26(21)34)7-9-31(10-8-28)16-25(33)32(14-18-2-3-18)15-24-29-23-6-11-37-17-22(23)27(35)30-24/h4-5,12,18,22-24,29H,2-3,6-11,13-17H2,1H3,(H,30,35). The maximum Gasteiger partial charge on any atom is 0.236 e. The van der Waals surface area contributed by atoms with Crippen molar-refractivity contribution in [3.8, 4) is 5.75 Å². The largest absolute Gasteiger partial charge is 0.497 e. The van der Waals surface area contributed by atoms with E-state index < -0.39 is 0 Å². The molecular formula is C28H38N4O5. The van der Waals surface area contributed by atoms with E-state index in [0.29, 0.717) is 32.2 Å². The summed E-state index contributed by atoms with van der Waals surface area (Å²) in [6.45, 7) is 4.19. The fraction of sp³-hybridized carbons (Fsp3) is 0.679. The summed E-state index contributed by atoms with van der Waals surface area (Å²) in [6, 6.07) is 5.87. The Balaban J connectivity index is 1.06. The molecule has 0 bridgehead atoms. The smallest absolute Gasteiger partial charge is 0.236 e. The van der Waals surface area contributed by atoms with Gasteiger partial charge in [0.15, 0.2) is 5.78 Å². The first-order chi connectivity index (χ1) is 17.9. The van der Waals surface area contributed by atoms with Gasteiger partial charge in [0.1, 0.15) is 5.75 Å². The molecule has 2 amide bonds. The van der Waals surface area contributed by atoms with Crippen LogP contribution in [0.5, 0.6) is 5.75 Å². The number of carbonyl (C=O) groups excluding carboxylic acids is 3. The van der Waals surface area contributed by atoms with E-state index in [-0.39, 0.29) is 41.1 Å². The number of Topliss-reactive ketones (excluding diaryl/α,β-unsaturated/α-hetero) is 1. The van der Waals surface area contributed by atoms with Gasteiger partial charge in [-0.1, -0.05) is 0 Å². The summed E-state index contributed by atoms with van der Waals surface area (Å²) in [7, 11) is 1.65. The maximum absolute atomic E-state index is 13.5. The summed E-state index contributed by atoms with van der Waals surface area (Å²) in [4.78, 5) is 43.6. The minimum absolute atomic E-state index is 0.0217. The molecule has 3 unspecified atom stereocenters. The van der Waals surface area contributed by atoms with Gasteiger partial charge in [-0.2, -0.15) is 0 Å². The van der Waals surface area contributed by atoms with Crippen LogP contribution in [0, 0.1) is 17.3 Å². The molecule has 1 saturated carbocycles. The number of fused-ring (bicyclic) bond motifs is 2. The lowest BCUT2D eigenvalue weighted by Crippen LogP contribution is -2.66. The molecule has 0 aromatic heterocycles. The molecule has 200 valence electrons. The highest BCUT2D eigenvalue weighted by Gasteiger charge is 2.47. The Labute approximate surface area is 218 Å². The third-order valence-corrected chi connectivity index (χ3v) is 9.10. The minimum Gasteiger partial charge on any atom is -0.497 e. The number of hydrogen-bond acceptors (Lipinski definition) is 7. The number of nitrogens with one attached hydrogen (secondary N) is 2. The van der Waals surface area contributed by atoms with Crippen LogP contribution in [-0.2, 0) is 20.7 Å². The number of hydrogen-bond donors (Lipinski definition) is 2. The number of piperidine rings is 1. The third-order valence-electron chi connectivity index (χ3n) is 9.10. The average Bonchev–Trinajstić information content (AvgIpc) is 3.69. The van der Waals surface area contributed by atoms with Crippen molar-refractivity contribution in [1.29, 1.82) is 0 Å². The lowest BCUT2D eigenvalue weighted by atomic mass is 9.75. The van der Waals surface area contributed by atoms with Crippen LogP contribution < -0.4 is 15.4 Å². The predicted molar refractivity (Wildman–Crippen MR) is 136 cm³/mol. The molecule has 4 fully saturated rings. The van der Waals surface area contributed by atoms with Crippen LogP contribution >= 0.6 is 0 Å². The van der Waals surface area contributed by atoms with E-state index in [4.69, 9.17) is 9.47 Å². The van der Waals surface area contributed by atoms with Crippen molar-refractivity contribution in [3.05, 3.63) is 29.3 Å². The van der Waals surface area contributed by atoms with Crippen molar-refractivity contribution in [1.82, 2.24) is 20.4 Å². The van der Waals surface area contributed by atoms with Crippen LogP contribution in [0.25, 0.3) is 0 Å². The molecule has 2 N–H and O–H groups in total. The number of nitrogens with zero attached hydrogens (tertiary/aromatic N) is 2. The molecule has 3 heterocycles. The molecule has 3 saturated heterocycles. The monoisotopic (exact) mass is 510 g/mol. The van der Waals surface area contributed by atoms with Crippen molar-refractivity contribution < 1.29 is 23.9 Å². The molecule has 1 spiro atoms. The summed E-state index contributed by atoms with van der Waals surface area (Å²) in [5.41, 5.74) is 1.56. The highest BCUT2D eigenvalue weighted by atomic mass is 16.5. The quantitative estimate of drug-likeness (QED) is 0.569. The highest BCUT2D eigenvalue weighted by Crippen LogP contribution is 2.45. The van der Waals surface area contributed by atoms with Crippen molar-refractivity contribution in [3.63, 3.8) is 0 Å². The second-order valence-electron chi connectivity index (χ2n) is 11.6. The van der Waals surface area contributed by atoms with E-state index in [1.165, 1.54) is 0 Å². The topological polar surface area (TPSA) is 100 Å². The molecule has 9 nitrogen and oxygen atoms in total. The van der Waals surface area contributed by atoms with Gasteiger partial charge in [0.2, 0.25) is 11.8 Å². The van der Waals surface area contributed by atoms with Crippen LogP contribution in [0.1, 0.15) is 48.0 Å². The Bertz CT molecular complexity index is 1060. The normalized spacial score (nSPS) is 28.9. The average molecular weight is 511 g/mol. The van der Waals surface area contributed by atoms with Gasteiger partial charge in [-0.3, -0.25) is 24.6 Å². The van der Waals surface area contributed by atoms with E-state index in [0.717, 1.165) is 75.0 Å². The first kappa shape index (κ1) is 24.8. The zero-order valence-corrected chi connectivity index (χ0v) is 21.7. The first-order valence-corrected chi connectivity index (χ1v) is 13.8. The van der Waals surface area contributed by atoms with Crippen LogP contribution in [0.4, 0.5) is 0 Å². The molecule has 3 atom stereocenters. The minimum atomic E-state index is -0.349. The lowest BCUT2D eigenvalue weighted by molar-refractivity contribution is -0.139. The van der Waals surface area contributed by atoms with Crippen LogP contribution in [0.2, 0.25) is 0 Å². The third kappa shape index (κ3) is 5.01. The molecule has 1 aromatic rings. The Morgan fingerprint density at radius 3 is 2.76 bits per heavy atom. The van der Waals surface area contributed by atoms with E-state index in [2.05, 4.69) is 15.5 Å². The van der Waals surface area contributed by atoms with Gasteiger partial charge in [-0.15, -0.1) is 0 Å². The molecule has 5 aliphatic rings. The number of benzene rings is 1. The molecule has 0 radical (unpaired) electrons. The summed E-state index contributed by atoms with van der Waals surface area (Å²) < 4.78 is 10.8. The number of rotatable bonds is 7. The Hall–Kier alpha value is -2.49. The summed E-state index contributed by atoms with van der Waals surface area (Å²) in [5.74, 6) is 1.58. The predicted octanol–water partition coefficient (Wildman–Crippen LogP) is 1.21. The lowest BCUT2D eigenvalue weighted by Gasteiger charge is -2.42. The number of ether oxygens (including phenoxy) is 2. The van der Waals surface area contributed by atoms with Crippen molar-refractivity contribution in [2.75, 3.05) is 53.0 Å². The molecular weight excluding hydrogens is 472 g/mol. The SMILES string of the molecule is COc1ccc2c(c1)CC1(CCN(CC(=O)N(CC3CC3)CC3NC(=O)C4COCCC4N3)CC1)C2=O. The molecule has 2 aliphatic carbocycles. The van der Waals surface area contributed by atoms with Crippen LogP contribution in [0.3, 0.4) is 0 Å². The zero-order valence-electron chi connectivity index (χ0n) is 21.7. The number of likely N-dealkylation sites (tertiary alicyclic amines) is 1. The van der Waals surface area contributed by atoms with Gasteiger partial charge in [0.05, 0.1) is 38.9 Å². The Kier molecular flexibility index (Phi) is 6.71. The van der Waals surface area contributed by atoms with Crippen LogP contribution in [-0.4, -0.2) is 92.7 Å².